The first kappa shape index (κ1) is 14.9. The Kier molecular flexibility index (Phi) is 4.23. The molecule has 0 amide bonds. The second-order valence-electron chi connectivity index (χ2n) is 7.13. The van der Waals surface area contributed by atoms with E-state index in [9.17, 15) is 0 Å². The molecule has 3 rings (SSSR count). The molecule has 0 aromatic heterocycles. The van der Waals surface area contributed by atoms with Crippen molar-refractivity contribution in [1.29, 1.82) is 0 Å². The average molecular weight is 287 g/mol. The summed E-state index contributed by atoms with van der Waals surface area (Å²) in [6.45, 7) is 7.63. The lowest BCUT2D eigenvalue weighted by atomic mass is 10.00. The van der Waals surface area contributed by atoms with E-state index in [1.54, 1.807) is 0 Å². The first-order valence-electron chi connectivity index (χ1n) is 8.40. The SMILES string of the molecule is CC(C)CN(C1CC1)C(CN)c1ccc2c(c1)CCN2C. The molecule has 1 aliphatic carbocycles. The van der Waals surface area contributed by atoms with Crippen LogP contribution in [-0.2, 0) is 6.42 Å². The first-order valence-corrected chi connectivity index (χ1v) is 8.40. The van der Waals surface area contributed by atoms with Crippen LogP contribution in [0.2, 0.25) is 0 Å². The number of hydrogen-bond acceptors (Lipinski definition) is 3. The third kappa shape index (κ3) is 3.09. The summed E-state index contributed by atoms with van der Waals surface area (Å²) in [5.41, 5.74) is 10.5. The number of benzene rings is 1. The largest absolute Gasteiger partial charge is 0.374 e. The van der Waals surface area contributed by atoms with Gasteiger partial charge < -0.3 is 10.6 Å². The maximum absolute atomic E-state index is 6.17. The van der Waals surface area contributed by atoms with E-state index in [1.165, 1.54) is 36.1 Å². The van der Waals surface area contributed by atoms with Gasteiger partial charge in [0.2, 0.25) is 0 Å². The molecule has 1 aromatic rings. The van der Waals surface area contributed by atoms with Crippen molar-refractivity contribution in [2.75, 3.05) is 31.6 Å². The van der Waals surface area contributed by atoms with Crippen LogP contribution in [0, 0.1) is 5.92 Å². The third-order valence-electron chi connectivity index (χ3n) is 4.83. The Morgan fingerprint density at radius 1 is 1.33 bits per heavy atom. The molecule has 1 fully saturated rings. The van der Waals surface area contributed by atoms with Gasteiger partial charge in [-0.3, -0.25) is 4.90 Å². The molecule has 0 spiro atoms. The van der Waals surface area contributed by atoms with Gasteiger partial charge in [0.15, 0.2) is 0 Å². The molecule has 0 saturated heterocycles. The zero-order chi connectivity index (χ0) is 15.0. The molecule has 1 unspecified atom stereocenters. The van der Waals surface area contributed by atoms with E-state index in [0.29, 0.717) is 12.0 Å². The van der Waals surface area contributed by atoms with Gasteiger partial charge in [-0.15, -0.1) is 0 Å². The summed E-state index contributed by atoms with van der Waals surface area (Å²) in [6, 6.07) is 8.15. The van der Waals surface area contributed by atoms with Crippen molar-refractivity contribution < 1.29 is 0 Å². The van der Waals surface area contributed by atoms with E-state index in [-0.39, 0.29) is 0 Å². The lowest BCUT2D eigenvalue weighted by Gasteiger charge is -2.33. The van der Waals surface area contributed by atoms with Gasteiger partial charge in [-0.2, -0.15) is 0 Å². The molecule has 1 saturated carbocycles. The molecule has 1 aliphatic heterocycles. The number of hydrogen-bond donors (Lipinski definition) is 1. The Labute approximate surface area is 129 Å². The maximum Gasteiger partial charge on any atom is 0.0473 e. The van der Waals surface area contributed by atoms with Crippen molar-refractivity contribution in [3.8, 4) is 0 Å². The molecule has 0 bridgehead atoms. The van der Waals surface area contributed by atoms with Crippen LogP contribution in [0.3, 0.4) is 0 Å². The van der Waals surface area contributed by atoms with Crippen LogP contribution < -0.4 is 10.6 Å². The smallest absolute Gasteiger partial charge is 0.0473 e. The third-order valence-corrected chi connectivity index (χ3v) is 4.83. The minimum Gasteiger partial charge on any atom is -0.374 e. The summed E-state index contributed by atoms with van der Waals surface area (Å²) in [5.74, 6) is 0.695. The number of nitrogens with zero attached hydrogens (tertiary/aromatic N) is 2. The number of nitrogens with two attached hydrogens (primary N) is 1. The fraction of sp³-hybridized carbons (Fsp3) is 0.667. The Bertz CT molecular complexity index is 493. The van der Waals surface area contributed by atoms with Crippen molar-refractivity contribution in [2.24, 2.45) is 11.7 Å². The monoisotopic (exact) mass is 287 g/mol. The first-order chi connectivity index (χ1) is 10.1. The number of anilines is 1. The van der Waals surface area contributed by atoms with Gasteiger partial charge in [-0.25, -0.2) is 0 Å². The molecule has 2 N–H and O–H groups in total. The Morgan fingerprint density at radius 3 is 2.71 bits per heavy atom. The zero-order valence-corrected chi connectivity index (χ0v) is 13.7. The number of fused-ring (bicyclic) bond motifs is 1. The summed E-state index contributed by atoms with van der Waals surface area (Å²) < 4.78 is 0. The molecule has 1 heterocycles. The van der Waals surface area contributed by atoms with E-state index in [4.69, 9.17) is 5.73 Å². The average Bonchev–Trinajstić information content (AvgIpc) is 3.23. The lowest BCUT2D eigenvalue weighted by Crippen LogP contribution is -2.38. The molecule has 3 nitrogen and oxygen atoms in total. The minimum atomic E-state index is 0.385. The Morgan fingerprint density at radius 2 is 2.10 bits per heavy atom. The highest BCUT2D eigenvalue weighted by Gasteiger charge is 2.34. The van der Waals surface area contributed by atoms with Crippen molar-refractivity contribution in [2.45, 2.75) is 45.2 Å². The Balaban J connectivity index is 1.85. The van der Waals surface area contributed by atoms with E-state index in [1.807, 2.05) is 0 Å². The minimum absolute atomic E-state index is 0.385. The number of rotatable bonds is 6. The topological polar surface area (TPSA) is 32.5 Å². The summed E-state index contributed by atoms with van der Waals surface area (Å²) in [5, 5.41) is 0. The van der Waals surface area contributed by atoms with Crippen molar-refractivity contribution >= 4 is 5.69 Å². The van der Waals surface area contributed by atoms with Crippen LogP contribution in [-0.4, -0.2) is 37.6 Å². The molecule has 21 heavy (non-hydrogen) atoms. The highest BCUT2D eigenvalue weighted by Crippen LogP contribution is 2.36. The van der Waals surface area contributed by atoms with E-state index >= 15 is 0 Å². The van der Waals surface area contributed by atoms with Crippen LogP contribution in [0.5, 0.6) is 0 Å². The van der Waals surface area contributed by atoms with Crippen molar-refractivity contribution in [3.05, 3.63) is 29.3 Å². The fourth-order valence-corrected chi connectivity index (χ4v) is 3.62. The molecule has 1 aromatic carbocycles. The standard InChI is InChI=1S/C18H29N3/c1-13(2)12-21(16-5-6-16)18(11-19)14-4-7-17-15(10-14)8-9-20(17)3/h4,7,10,13,16,18H,5-6,8-9,11-12,19H2,1-3H3. The highest BCUT2D eigenvalue weighted by atomic mass is 15.2. The summed E-state index contributed by atoms with van der Waals surface area (Å²) >= 11 is 0. The van der Waals surface area contributed by atoms with Gasteiger partial charge in [0.1, 0.15) is 0 Å². The van der Waals surface area contributed by atoms with Gasteiger partial charge in [0, 0.05) is 44.5 Å². The van der Waals surface area contributed by atoms with Crippen LogP contribution in [0.4, 0.5) is 5.69 Å². The molecular weight excluding hydrogens is 258 g/mol. The van der Waals surface area contributed by atoms with E-state index < -0.39 is 0 Å². The van der Waals surface area contributed by atoms with Crippen LogP contribution in [0.25, 0.3) is 0 Å². The second-order valence-corrected chi connectivity index (χ2v) is 7.13. The summed E-state index contributed by atoms with van der Waals surface area (Å²) in [4.78, 5) is 5.01. The van der Waals surface area contributed by atoms with Crippen LogP contribution in [0.15, 0.2) is 18.2 Å². The van der Waals surface area contributed by atoms with Gasteiger partial charge >= 0.3 is 0 Å². The van der Waals surface area contributed by atoms with Gasteiger partial charge in [-0.05, 0) is 42.4 Å². The Hall–Kier alpha value is -1.06. The van der Waals surface area contributed by atoms with Crippen LogP contribution in [0.1, 0.15) is 43.9 Å². The molecule has 1 atom stereocenters. The van der Waals surface area contributed by atoms with E-state index in [2.05, 4.69) is 48.9 Å². The second kappa shape index (κ2) is 5.98. The molecule has 2 aliphatic rings. The van der Waals surface area contributed by atoms with Crippen molar-refractivity contribution in [1.82, 2.24) is 4.90 Å². The van der Waals surface area contributed by atoms with E-state index in [0.717, 1.165) is 25.7 Å². The molecule has 116 valence electrons. The van der Waals surface area contributed by atoms with Crippen molar-refractivity contribution in [3.63, 3.8) is 0 Å². The molecule has 3 heteroatoms. The highest BCUT2D eigenvalue weighted by molar-refractivity contribution is 5.58. The quantitative estimate of drug-likeness (QED) is 0.873. The summed E-state index contributed by atoms with van der Waals surface area (Å²) in [7, 11) is 2.18. The van der Waals surface area contributed by atoms with Gasteiger partial charge in [0.25, 0.3) is 0 Å². The fourth-order valence-electron chi connectivity index (χ4n) is 3.62. The molecule has 0 radical (unpaired) electrons. The van der Waals surface area contributed by atoms with Crippen LogP contribution >= 0.6 is 0 Å². The van der Waals surface area contributed by atoms with Gasteiger partial charge in [-0.1, -0.05) is 26.0 Å². The maximum atomic E-state index is 6.17. The lowest BCUT2D eigenvalue weighted by molar-refractivity contribution is 0.169. The predicted octanol–water partition coefficient (Wildman–Crippen LogP) is 2.80. The molecular formula is C18H29N3. The zero-order valence-electron chi connectivity index (χ0n) is 13.7. The van der Waals surface area contributed by atoms with Gasteiger partial charge in [0.05, 0.1) is 0 Å². The predicted molar refractivity (Wildman–Crippen MR) is 89.8 cm³/mol. The normalized spacial score (nSPS) is 19.4. The summed E-state index contributed by atoms with van der Waals surface area (Å²) in [6.07, 6.45) is 3.86. The number of likely N-dealkylation sites (N-methyl/N-ethyl adjacent to an activating group) is 1.